The van der Waals surface area contributed by atoms with Gasteiger partial charge >= 0.3 is 0 Å². The summed E-state index contributed by atoms with van der Waals surface area (Å²) >= 11 is 0. The summed E-state index contributed by atoms with van der Waals surface area (Å²) in [5.74, 6) is -0.00419. The number of phenols is 1. The maximum absolute atomic E-state index is 12.1. The Morgan fingerprint density at radius 3 is 2.48 bits per heavy atom. The Kier molecular flexibility index (Phi) is 4.90. The van der Waals surface area contributed by atoms with Crippen molar-refractivity contribution in [1.82, 2.24) is 10.3 Å². The van der Waals surface area contributed by atoms with Gasteiger partial charge in [-0.05, 0) is 48.7 Å². The summed E-state index contributed by atoms with van der Waals surface area (Å²) in [4.78, 5) is 16.0. The highest BCUT2D eigenvalue weighted by atomic mass is 16.3. The van der Waals surface area contributed by atoms with Gasteiger partial charge in [-0.15, -0.1) is 0 Å². The molecule has 2 atom stereocenters. The maximum atomic E-state index is 12.1. The van der Waals surface area contributed by atoms with Crippen LogP contribution in [0.4, 0.5) is 0 Å². The van der Waals surface area contributed by atoms with E-state index in [0.29, 0.717) is 6.42 Å². The van der Waals surface area contributed by atoms with Gasteiger partial charge in [0, 0.05) is 12.4 Å². The lowest BCUT2D eigenvalue weighted by Crippen LogP contribution is -2.42. The molecule has 0 unspecified atom stereocenters. The Morgan fingerprint density at radius 2 is 1.86 bits per heavy atom. The van der Waals surface area contributed by atoms with Gasteiger partial charge in [0.1, 0.15) is 5.75 Å². The number of nitrogens with two attached hydrogens (primary N) is 1. The molecule has 0 bridgehead atoms. The predicted octanol–water partition coefficient (Wildman–Crippen LogP) is 1.53. The van der Waals surface area contributed by atoms with Crippen molar-refractivity contribution in [2.24, 2.45) is 5.73 Å². The zero-order valence-corrected chi connectivity index (χ0v) is 11.9. The third kappa shape index (κ3) is 4.29. The fourth-order valence-corrected chi connectivity index (χ4v) is 2.03. The number of nitrogens with one attached hydrogen (secondary N) is 1. The molecular formula is C16H19N3O2. The quantitative estimate of drug-likeness (QED) is 0.777. The summed E-state index contributed by atoms with van der Waals surface area (Å²) < 4.78 is 0. The Hall–Kier alpha value is -2.40. The van der Waals surface area contributed by atoms with Crippen LogP contribution in [0.5, 0.6) is 5.75 Å². The Labute approximate surface area is 123 Å². The van der Waals surface area contributed by atoms with Crippen LogP contribution in [0.2, 0.25) is 0 Å². The highest BCUT2D eigenvalue weighted by Crippen LogP contribution is 2.13. The van der Waals surface area contributed by atoms with Crippen molar-refractivity contribution >= 4 is 5.91 Å². The summed E-state index contributed by atoms with van der Waals surface area (Å²) in [5.41, 5.74) is 7.82. The minimum absolute atomic E-state index is 0.119. The lowest BCUT2D eigenvalue weighted by Gasteiger charge is -2.18. The van der Waals surface area contributed by atoms with Gasteiger partial charge in [-0.25, -0.2) is 0 Å². The number of pyridine rings is 1. The number of aromatic nitrogens is 1. The van der Waals surface area contributed by atoms with Gasteiger partial charge in [-0.1, -0.05) is 12.1 Å². The number of rotatable bonds is 5. The molecule has 1 amide bonds. The molecule has 0 aliphatic heterocycles. The number of nitrogens with zero attached hydrogens (tertiary/aromatic N) is 1. The number of carbonyl (C=O) groups excluding carboxylic acids is 1. The molecule has 0 radical (unpaired) electrons. The minimum atomic E-state index is -0.626. The number of aromatic hydroxyl groups is 1. The molecule has 110 valence electrons. The molecule has 1 aromatic heterocycles. The SMILES string of the molecule is C[C@@H](NC(=O)[C@@H](N)Cc1ccc(O)cc1)c1ccncc1. The van der Waals surface area contributed by atoms with Crippen LogP contribution < -0.4 is 11.1 Å². The Bertz CT molecular complexity index is 584. The second-order valence-corrected chi connectivity index (χ2v) is 4.99. The first kappa shape index (κ1) is 15.0. The van der Waals surface area contributed by atoms with Gasteiger partial charge in [0.05, 0.1) is 12.1 Å². The molecule has 5 heteroatoms. The zero-order valence-electron chi connectivity index (χ0n) is 11.9. The first-order valence-electron chi connectivity index (χ1n) is 6.80. The monoisotopic (exact) mass is 285 g/mol. The molecular weight excluding hydrogens is 266 g/mol. The van der Waals surface area contributed by atoms with Crippen molar-refractivity contribution in [1.29, 1.82) is 0 Å². The first-order valence-corrected chi connectivity index (χ1v) is 6.80. The second-order valence-electron chi connectivity index (χ2n) is 4.99. The van der Waals surface area contributed by atoms with Crippen LogP contribution in [0, 0.1) is 0 Å². The van der Waals surface area contributed by atoms with Gasteiger partial charge in [0.15, 0.2) is 0 Å². The molecule has 4 N–H and O–H groups in total. The third-order valence-electron chi connectivity index (χ3n) is 3.29. The van der Waals surface area contributed by atoms with E-state index in [9.17, 15) is 9.90 Å². The van der Waals surface area contributed by atoms with E-state index in [0.717, 1.165) is 11.1 Å². The number of carbonyl (C=O) groups is 1. The number of amides is 1. The van der Waals surface area contributed by atoms with E-state index in [1.165, 1.54) is 0 Å². The average molecular weight is 285 g/mol. The van der Waals surface area contributed by atoms with E-state index < -0.39 is 6.04 Å². The van der Waals surface area contributed by atoms with E-state index in [2.05, 4.69) is 10.3 Å². The van der Waals surface area contributed by atoms with E-state index in [4.69, 9.17) is 5.73 Å². The molecule has 2 aromatic rings. The van der Waals surface area contributed by atoms with Crippen molar-refractivity contribution in [2.75, 3.05) is 0 Å². The van der Waals surface area contributed by atoms with Crippen molar-refractivity contribution in [3.8, 4) is 5.75 Å². The Balaban J connectivity index is 1.92. The van der Waals surface area contributed by atoms with Gasteiger partial charge < -0.3 is 16.2 Å². The van der Waals surface area contributed by atoms with E-state index in [-0.39, 0.29) is 17.7 Å². The van der Waals surface area contributed by atoms with Crippen molar-refractivity contribution in [3.05, 3.63) is 59.9 Å². The lowest BCUT2D eigenvalue weighted by molar-refractivity contribution is -0.123. The van der Waals surface area contributed by atoms with Crippen molar-refractivity contribution < 1.29 is 9.90 Å². The number of phenolic OH excluding ortho intramolecular Hbond substituents is 1. The molecule has 1 heterocycles. The van der Waals surface area contributed by atoms with Crippen LogP contribution in [0.25, 0.3) is 0 Å². The van der Waals surface area contributed by atoms with Crippen LogP contribution >= 0.6 is 0 Å². The van der Waals surface area contributed by atoms with Crippen molar-refractivity contribution in [2.45, 2.75) is 25.4 Å². The number of hydrogen-bond donors (Lipinski definition) is 3. The summed E-state index contributed by atoms with van der Waals surface area (Å²) in [6, 6.07) is 9.65. The smallest absolute Gasteiger partial charge is 0.237 e. The highest BCUT2D eigenvalue weighted by molar-refractivity contribution is 5.82. The molecule has 0 saturated carbocycles. The molecule has 1 aromatic carbocycles. The number of hydrogen-bond acceptors (Lipinski definition) is 4. The minimum Gasteiger partial charge on any atom is -0.508 e. The maximum Gasteiger partial charge on any atom is 0.237 e. The third-order valence-corrected chi connectivity index (χ3v) is 3.29. The molecule has 5 nitrogen and oxygen atoms in total. The van der Waals surface area contributed by atoms with Crippen LogP contribution in [-0.4, -0.2) is 22.0 Å². The fourth-order valence-electron chi connectivity index (χ4n) is 2.03. The average Bonchev–Trinajstić information content (AvgIpc) is 2.50. The van der Waals surface area contributed by atoms with Crippen LogP contribution in [0.1, 0.15) is 24.1 Å². The molecule has 0 fully saturated rings. The molecule has 2 rings (SSSR count). The molecule has 0 spiro atoms. The summed E-state index contributed by atoms with van der Waals surface area (Å²) in [7, 11) is 0. The van der Waals surface area contributed by atoms with Crippen LogP contribution in [0.3, 0.4) is 0 Å². The zero-order chi connectivity index (χ0) is 15.2. The fraction of sp³-hybridized carbons (Fsp3) is 0.250. The van der Waals surface area contributed by atoms with Crippen LogP contribution in [-0.2, 0) is 11.2 Å². The number of benzene rings is 1. The second kappa shape index (κ2) is 6.85. The van der Waals surface area contributed by atoms with Crippen molar-refractivity contribution in [3.63, 3.8) is 0 Å². The van der Waals surface area contributed by atoms with Gasteiger partial charge in [0.2, 0.25) is 5.91 Å². The Morgan fingerprint density at radius 1 is 1.24 bits per heavy atom. The van der Waals surface area contributed by atoms with E-state index in [1.807, 2.05) is 19.1 Å². The molecule has 0 aliphatic carbocycles. The first-order chi connectivity index (χ1) is 10.1. The molecule has 21 heavy (non-hydrogen) atoms. The lowest BCUT2D eigenvalue weighted by atomic mass is 10.0. The largest absolute Gasteiger partial charge is 0.508 e. The summed E-state index contributed by atoms with van der Waals surface area (Å²) in [5, 5.41) is 12.1. The highest BCUT2D eigenvalue weighted by Gasteiger charge is 2.17. The normalized spacial score (nSPS) is 13.4. The van der Waals surface area contributed by atoms with Gasteiger partial charge in [-0.2, -0.15) is 0 Å². The summed E-state index contributed by atoms with van der Waals surface area (Å²) in [6.45, 7) is 1.90. The topological polar surface area (TPSA) is 88.2 Å². The van der Waals surface area contributed by atoms with E-state index >= 15 is 0 Å². The summed E-state index contributed by atoms with van der Waals surface area (Å²) in [6.07, 6.45) is 3.80. The molecule has 0 aliphatic rings. The predicted molar refractivity (Wildman–Crippen MR) is 80.6 cm³/mol. The standard InChI is InChI=1S/C16H19N3O2/c1-11(13-6-8-18-9-7-13)19-16(21)15(17)10-12-2-4-14(20)5-3-12/h2-9,11,15,20H,10,17H2,1H3,(H,19,21)/t11-,15+/m1/s1. The van der Waals surface area contributed by atoms with Gasteiger partial charge in [-0.3, -0.25) is 9.78 Å². The van der Waals surface area contributed by atoms with Gasteiger partial charge in [0.25, 0.3) is 0 Å². The van der Waals surface area contributed by atoms with Crippen LogP contribution in [0.15, 0.2) is 48.8 Å². The van der Waals surface area contributed by atoms with E-state index in [1.54, 1.807) is 36.7 Å². The molecule has 0 saturated heterocycles.